The summed E-state index contributed by atoms with van der Waals surface area (Å²) in [5, 5.41) is 16.3. The average Bonchev–Trinajstić information content (AvgIpc) is 3.58. The molecular formula is C23H20Cl2F3N9O2. The molecule has 0 bridgehead atoms. The quantitative estimate of drug-likeness (QED) is 0.144. The zero-order chi connectivity index (χ0) is 28.3. The van der Waals surface area contributed by atoms with Crippen molar-refractivity contribution >= 4 is 52.8 Å². The third kappa shape index (κ3) is 6.64. The number of rotatable bonds is 7. The number of aromatic nitrogens is 3. The van der Waals surface area contributed by atoms with E-state index in [0.717, 1.165) is 23.7 Å². The number of aryl methyl sites for hydroxylation is 1. The normalized spacial score (nSPS) is 13.9. The zero-order valence-electron chi connectivity index (χ0n) is 20.1. The van der Waals surface area contributed by atoms with Gasteiger partial charge in [-0.25, -0.2) is 9.67 Å². The lowest BCUT2D eigenvalue weighted by molar-refractivity contribution is -0.0619. The molecule has 0 aliphatic heterocycles. The van der Waals surface area contributed by atoms with Gasteiger partial charge in [0, 0.05) is 17.3 Å². The molecule has 0 spiro atoms. The van der Waals surface area contributed by atoms with Crippen molar-refractivity contribution in [3.8, 4) is 5.82 Å². The first-order chi connectivity index (χ1) is 18.5. The van der Waals surface area contributed by atoms with E-state index in [4.69, 9.17) is 29.0 Å². The number of hydrazone groups is 2. The summed E-state index contributed by atoms with van der Waals surface area (Å²) in [5.74, 6) is 2.16. The van der Waals surface area contributed by atoms with Crippen LogP contribution in [0.5, 0.6) is 0 Å². The molecular weight excluding hydrogens is 562 g/mol. The van der Waals surface area contributed by atoms with Crippen LogP contribution in [0.4, 0.5) is 18.9 Å². The van der Waals surface area contributed by atoms with Gasteiger partial charge in [0.05, 0.1) is 22.5 Å². The van der Waals surface area contributed by atoms with Crippen molar-refractivity contribution in [2.45, 2.75) is 32.0 Å². The Morgan fingerprint density at radius 3 is 2.59 bits per heavy atom. The molecule has 1 aliphatic rings. The standard InChI is InChI=1S/C23H20Cl2F3N9O2/c1-11-7-12(24)8-15(20(38)32-13-4-5-13)18(11)33-21(39)17-9-14(10-31-35-22(34-29)23(26,27)28)36-37(17)19-16(25)3-2-6-30-19/h2-3,6-10,13H,4-5,29H2,1H3,(H,32,38)(H,33,39)(H,34,35). The van der Waals surface area contributed by atoms with Gasteiger partial charge in [-0.2, -0.15) is 28.5 Å². The van der Waals surface area contributed by atoms with E-state index in [9.17, 15) is 22.8 Å². The molecule has 4 rings (SSSR count). The maximum atomic E-state index is 13.5. The minimum atomic E-state index is -4.86. The number of pyridine rings is 1. The molecule has 0 saturated heterocycles. The fraction of sp³-hybridized carbons (Fsp3) is 0.217. The summed E-state index contributed by atoms with van der Waals surface area (Å²) in [4.78, 5) is 30.5. The Morgan fingerprint density at radius 1 is 1.21 bits per heavy atom. The number of nitrogens with two attached hydrogens (primary N) is 1. The maximum Gasteiger partial charge on any atom is 0.452 e. The van der Waals surface area contributed by atoms with E-state index >= 15 is 0 Å². The number of amidine groups is 1. The zero-order valence-corrected chi connectivity index (χ0v) is 21.6. The number of nitrogens with one attached hydrogen (secondary N) is 3. The van der Waals surface area contributed by atoms with Crippen LogP contribution >= 0.6 is 23.2 Å². The fourth-order valence-electron chi connectivity index (χ4n) is 3.40. The highest BCUT2D eigenvalue weighted by molar-refractivity contribution is 6.32. The minimum absolute atomic E-state index is 0.0348. The van der Waals surface area contributed by atoms with Crippen LogP contribution in [0.25, 0.3) is 5.82 Å². The number of carbonyl (C=O) groups excluding carboxylic acids is 2. The Kier molecular flexibility index (Phi) is 8.06. The highest BCUT2D eigenvalue weighted by Gasteiger charge is 2.36. The molecule has 1 aromatic carbocycles. The molecule has 39 heavy (non-hydrogen) atoms. The van der Waals surface area contributed by atoms with Crippen molar-refractivity contribution in [1.82, 2.24) is 25.5 Å². The molecule has 0 radical (unpaired) electrons. The van der Waals surface area contributed by atoms with Crippen LogP contribution < -0.4 is 21.9 Å². The number of anilines is 1. The van der Waals surface area contributed by atoms with E-state index in [2.05, 4.69) is 30.9 Å². The smallest absolute Gasteiger partial charge is 0.349 e. The van der Waals surface area contributed by atoms with Gasteiger partial charge in [0.2, 0.25) is 5.84 Å². The molecule has 1 saturated carbocycles. The highest BCUT2D eigenvalue weighted by Crippen LogP contribution is 2.28. The number of amides is 2. The molecule has 204 valence electrons. The predicted octanol–water partition coefficient (Wildman–Crippen LogP) is 3.79. The van der Waals surface area contributed by atoms with E-state index in [0.29, 0.717) is 10.6 Å². The molecule has 2 aromatic heterocycles. The van der Waals surface area contributed by atoms with Crippen LogP contribution in [-0.2, 0) is 0 Å². The SMILES string of the molecule is Cc1cc(Cl)cc(C(=O)NC2CC2)c1NC(=O)c1cc(C=NN/C(=N/N)C(F)(F)F)nn1-c1ncccc1Cl. The number of halogens is 5. The molecule has 3 aromatic rings. The summed E-state index contributed by atoms with van der Waals surface area (Å²) in [5.41, 5.74) is 2.43. The van der Waals surface area contributed by atoms with E-state index in [1.165, 1.54) is 24.4 Å². The van der Waals surface area contributed by atoms with Crippen molar-refractivity contribution in [3.05, 3.63) is 69.1 Å². The van der Waals surface area contributed by atoms with Crippen molar-refractivity contribution in [2.75, 3.05) is 5.32 Å². The summed E-state index contributed by atoms with van der Waals surface area (Å²) in [7, 11) is 0. The Bertz CT molecular complexity index is 1480. The molecule has 16 heteroatoms. The number of alkyl halides is 3. The van der Waals surface area contributed by atoms with Crippen LogP contribution in [0.2, 0.25) is 10.0 Å². The van der Waals surface area contributed by atoms with Crippen LogP contribution in [0.15, 0.2) is 46.7 Å². The molecule has 5 N–H and O–H groups in total. The van der Waals surface area contributed by atoms with Gasteiger partial charge in [-0.15, -0.1) is 0 Å². The Hall–Kier alpha value is -4.17. The van der Waals surface area contributed by atoms with Crippen molar-refractivity contribution in [3.63, 3.8) is 0 Å². The van der Waals surface area contributed by atoms with E-state index in [-0.39, 0.29) is 39.5 Å². The second kappa shape index (κ2) is 11.3. The minimum Gasteiger partial charge on any atom is -0.349 e. The summed E-state index contributed by atoms with van der Waals surface area (Å²) in [6, 6.07) is 7.40. The summed E-state index contributed by atoms with van der Waals surface area (Å²) in [6.07, 6.45) is -0.812. The second-order valence-corrected chi connectivity index (χ2v) is 9.21. The Morgan fingerprint density at radius 2 is 1.95 bits per heavy atom. The topological polar surface area (TPSA) is 152 Å². The molecule has 1 aliphatic carbocycles. The van der Waals surface area contributed by atoms with E-state index in [1.54, 1.807) is 24.5 Å². The highest BCUT2D eigenvalue weighted by atomic mass is 35.5. The molecule has 2 amide bonds. The fourth-order valence-corrected chi connectivity index (χ4v) is 3.87. The second-order valence-electron chi connectivity index (χ2n) is 8.37. The molecule has 0 unspecified atom stereocenters. The molecule has 0 atom stereocenters. The number of carbonyl (C=O) groups is 2. The van der Waals surface area contributed by atoms with E-state index < -0.39 is 23.8 Å². The summed E-state index contributed by atoms with van der Waals surface area (Å²) >= 11 is 12.4. The number of benzene rings is 1. The van der Waals surface area contributed by atoms with Gasteiger partial charge in [-0.1, -0.05) is 23.2 Å². The molecule has 11 nitrogen and oxygen atoms in total. The first-order valence-corrected chi connectivity index (χ1v) is 12.0. The lowest BCUT2D eigenvalue weighted by atomic mass is 10.1. The summed E-state index contributed by atoms with van der Waals surface area (Å²) in [6.45, 7) is 1.67. The summed E-state index contributed by atoms with van der Waals surface area (Å²) < 4.78 is 39.6. The molecule has 2 heterocycles. The number of hydrogen-bond acceptors (Lipinski definition) is 7. The average molecular weight is 582 g/mol. The lowest BCUT2D eigenvalue weighted by Gasteiger charge is -2.15. The van der Waals surface area contributed by atoms with Gasteiger partial charge < -0.3 is 16.5 Å². The van der Waals surface area contributed by atoms with Crippen LogP contribution in [0.1, 0.15) is 44.9 Å². The maximum absolute atomic E-state index is 13.5. The van der Waals surface area contributed by atoms with E-state index in [1.807, 2.05) is 0 Å². The van der Waals surface area contributed by atoms with Crippen molar-refractivity contribution in [1.29, 1.82) is 0 Å². The van der Waals surface area contributed by atoms with Crippen LogP contribution in [0, 0.1) is 6.92 Å². The van der Waals surface area contributed by atoms with Gasteiger partial charge in [0.25, 0.3) is 11.8 Å². The van der Waals surface area contributed by atoms with Gasteiger partial charge >= 0.3 is 6.18 Å². The van der Waals surface area contributed by atoms with Crippen molar-refractivity contribution < 1.29 is 22.8 Å². The van der Waals surface area contributed by atoms with Crippen LogP contribution in [0.3, 0.4) is 0 Å². The third-order valence-electron chi connectivity index (χ3n) is 5.36. The Labute approximate surface area is 229 Å². The first-order valence-electron chi connectivity index (χ1n) is 11.3. The molecule has 1 fully saturated rings. The number of hydrogen-bond donors (Lipinski definition) is 4. The monoisotopic (exact) mass is 581 g/mol. The third-order valence-corrected chi connectivity index (χ3v) is 5.87. The van der Waals surface area contributed by atoms with Gasteiger partial charge in [0.1, 0.15) is 11.4 Å². The lowest BCUT2D eigenvalue weighted by Crippen LogP contribution is -2.35. The predicted molar refractivity (Wildman–Crippen MR) is 139 cm³/mol. The van der Waals surface area contributed by atoms with Gasteiger partial charge in [0.15, 0.2) is 5.82 Å². The largest absolute Gasteiger partial charge is 0.452 e. The van der Waals surface area contributed by atoms with Gasteiger partial charge in [-0.3, -0.25) is 15.0 Å². The van der Waals surface area contributed by atoms with Crippen LogP contribution in [-0.4, -0.2) is 50.8 Å². The first kappa shape index (κ1) is 27.9. The van der Waals surface area contributed by atoms with Gasteiger partial charge in [-0.05, 0) is 55.7 Å². The Balaban J connectivity index is 1.69. The number of nitrogens with zero attached hydrogens (tertiary/aromatic N) is 5. The van der Waals surface area contributed by atoms with Crippen molar-refractivity contribution in [2.24, 2.45) is 16.0 Å².